The van der Waals surface area contributed by atoms with Crippen LogP contribution in [0.15, 0.2) is 0 Å². The second-order valence-corrected chi connectivity index (χ2v) is 5.10. The summed E-state index contributed by atoms with van der Waals surface area (Å²) < 4.78 is 0. The van der Waals surface area contributed by atoms with Crippen LogP contribution in [0.5, 0.6) is 0 Å². The van der Waals surface area contributed by atoms with Crippen LogP contribution in [-0.2, 0) is 0 Å². The lowest BCUT2D eigenvalue weighted by Gasteiger charge is -2.28. The lowest BCUT2D eigenvalue weighted by molar-refractivity contribution is 0.189. The highest BCUT2D eigenvalue weighted by molar-refractivity contribution is 4.81. The monoisotopic (exact) mass is 183 g/mol. The first-order valence-electron chi connectivity index (χ1n) is 5.87. The standard InChI is InChI=1S/C12H25N/c1-10(2)7-8-12-6-5-9-13(12)11(3)4/h10-12H,5-9H2,1-4H3. The van der Waals surface area contributed by atoms with Gasteiger partial charge in [0.05, 0.1) is 0 Å². The van der Waals surface area contributed by atoms with Crippen molar-refractivity contribution >= 4 is 0 Å². The first-order valence-corrected chi connectivity index (χ1v) is 5.87. The summed E-state index contributed by atoms with van der Waals surface area (Å²) in [6.45, 7) is 10.6. The van der Waals surface area contributed by atoms with E-state index >= 15 is 0 Å². The number of nitrogens with zero attached hydrogens (tertiary/aromatic N) is 1. The molecule has 0 saturated carbocycles. The number of hydrogen-bond donors (Lipinski definition) is 0. The zero-order valence-electron chi connectivity index (χ0n) is 9.71. The van der Waals surface area contributed by atoms with Gasteiger partial charge in [0.25, 0.3) is 0 Å². The first-order chi connectivity index (χ1) is 6.11. The summed E-state index contributed by atoms with van der Waals surface area (Å²) in [5, 5.41) is 0. The third-order valence-electron chi connectivity index (χ3n) is 3.16. The Morgan fingerprint density at radius 1 is 1.23 bits per heavy atom. The maximum atomic E-state index is 2.68. The van der Waals surface area contributed by atoms with Crippen LogP contribution in [0, 0.1) is 5.92 Å². The van der Waals surface area contributed by atoms with Gasteiger partial charge < -0.3 is 0 Å². The smallest absolute Gasteiger partial charge is 0.00985 e. The van der Waals surface area contributed by atoms with Crippen molar-refractivity contribution in [2.45, 2.75) is 65.5 Å². The lowest BCUT2D eigenvalue weighted by atomic mass is 10.0. The predicted octanol–water partition coefficient (Wildman–Crippen LogP) is 3.30. The van der Waals surface area contributed by atoms with E-state index in [1.54, 1.807) is 0 Å². The third-order valence-corrected chi connectivity index (χ3v) is 3.16. The van der Waals surface area contributed by atoms with Crippen molar-refractivity contribution in [2.24, 2.45) is 5.92 Å². The predicted molar refractivity (Wildman–Crippen MR) is 58.9 cm³/mol. The Kier molecular flexibility index (Phi) is 4.24. The molecule has 0 aromatic carbocycles. The van der Waals surface area contributed by atoms with Crippen LogP contribution in [0.25, 0.3) is 0 Å². The second-order valence-electron chi connectivity index (χ2n) is 5.10. The van der Waals surface area contributed by atoms with Crippen molar-refractivity contribution in [3.63, 3.8) is 0 Å². The molecule has 0 radical (unpaired) electrons. The SMILES string of the molecule is CC(C)CCC1CCCN1C(C)C. The van der Waals surface area contributed by atoms with E-state index in [1.807, 2.05) is 0 Å². The molecule has 0 amide bonds. The van der Waals surface area contributed by atoms with E-state index in [1.165, 1.54) is 32.2 Å². The van der Waals surface area contributed by atoms with Crippen LogP contribution in [0.2, 0.25) is 0 Å². The van der Waals surface area contributed by atoms with E-state index in [4.69, 9.17) is 0 Å². The maximum absolute atomic E-state index is 2.68. The highest BCUT2D eigenvalue weighted by atomic mass is 15.2. The number of rotatable bonds is 4. The molecule has 0 N–H and O–H groups in total. The highest BCUT2D eigenvalue weighted by Crippen LogP contribution is 2.24. The molecule has 1 aliphatic heterocycles. The van der Waals surface area contributed by atoms with Crippen LogP contribution in [0.3, 0.4) is 0 Å². The quantitative estimate of drug-likeness (QED) is 0.646. The van der Waals surface area contributed by atoms with Crippen LogP contribution in [-0.4, -0.2) is 23.5 Å². The molecule has 0 spiro atoms. The molecular weight excluding hydrogens is 158 g/mol. The van der Waals surface area contributed by atoms with Crippen molar-refractivity contribution in [1.29, 1.82) is 0 Å². The molecule has 0 bridgehead atoms. The Morgan fingerprint density at radius 3 is 2.46 bits per heavy atom. The van der Waals surface area contributed by atoms with E-state index < -0.39 is 0 Å². The van der Waals surface area contributed by atoms with Crippen molar-refractivity contribution in [2.75, 3.05) is 6.54 Å². The van der Waals surface area contributed by atoms with Gasteiger partial charge in [0.15, 0.2) is 0 Å². The molecule has 1 heteroatoms. The van der Waals surface area contributed by atoms with Gasteiger partial charge in [0.2, 0.25) is 0 Å². The first kappa shape index (κ1) is 11.0. The second kappa shape index (κ2) is 4.99. The fraction of sp³-hybridized carbons (Fsp3) is 1.00. The molecule has 1 saturated heterocycles. The van der Waals surface area contributed by atoms with Crippen molar-refractivity contribution in [3.8, 4) is 0 Å². The fourth-order valence-corrected chi connectivity index (χ4v) is 2.37. The summed E-state index contributed by atoms with van der Waals surface area (Å²) in [7, 11) is 0. The fourth-order valence-electron chi connectivity index (χ4n) is 2.37. The summed E-state index contributed by atoms with van der Waals surface area (Å²) in [5.74, 6) is 0.870. The summed E-state index contributed by atoms with van der Waals surface area (Å²) in [6.07, 6.45) is 5.66. The van der Waals surface area contributed by atoms with Gasteiger partial charge in [-0.3, -0.25) is 4.90 Å². The van der Waals surface area contributed by atoms with Crippen molar-refractivity contribution in [1.82, 2.24) is 4.90 Å². The van der Waals surface area contributed by atoms with Crippen LogP contribution >= 0.6 is 0 Å². The minimum Gasteiger partial charge on any atom is -0.298 e. The van der Waals surface area contributed by atoms with Crippen LogP contribution in [0.1, 0.15) is 53.4 Å². The zero-order valence-corrected chi connectivity index (χ0v) is 9.71. The molecule has 1 atom stereocenters. The summed E-state index contributed by atoms with van der Waals surface area (Å²) in [6, 6.07) is 1.64. The molecule has 1 fully saturated rings. The molecule has 1 aliphatic rings. The zero-order chi connectivity index (χ0) is 9.84. The highest BCUT2D eigenvalue weighted by Gasteiger charge is 2.25. The van der Waals surface area contributed by atoms with Crippen molar-refractivity contribution in [3.05, 3.63) is 0 Å². The topological polar surface area (TPSA) is 3.24 Å². The van der Waals surface area contributed by atoms with E-state index in [2.05, 4.69) is 32.6 Å². The number of hydrogen-bond acceptors (Lipinski definition) is 1. The molecule has 0 aromatic heterocycles. The summed E-state index contributed by atoms with van der Waals surface area (Å²) in [4.78, 5) is 2.68. The largest absolute Gasteiger partial charge is 0.298 e. The Bertz CT molecular complexity index is 140. The normalized spacial score (nSPS) is 24.9. The summed E-state index contributed by atoms with van der Waals surface area (Å²) >= 11 is 0. The van der Waals surface area contributed by atoms with Gasteiger partial charge in [-0.2, -0.15) is 0 Å². The van der Waals surface area contributed by atoms with Gasteiger partial charge in [-0.15, -0.1) is 0 Å². The maximum Gasteiger partial charge on any atom is 0.00985 e. The molecule has 1 rings (SSSR count). The summed E-state index contributed by atoms with van der Waals surface area (Å²) in [5.41, 5.74) is 0. The molecule has 0 aliphatic carbocycles. The Morgan fingerprint density at radius 2 is 1.92 bits per heavy atom. The molecule has 1 heterocycles. The average molecular weight is 183 g/mol. The molecule has 78 valence electrons. The molecular formula is C12H25N. The molecule has 1 nitrogen and oxygen atoms in total. The Labute approximate surface area is 83.5 Å². The Balaban J connectivity index is 2.31. The molecule has 0 aromatic rings. The lowest BCUT2D eigenvalue weighted by Crippen LogP contribution is -2.35. The Hall–Kier alpha value is -0.0400. The molecule has 1 unspecified atom stereocenters. The minimum atomic E-state index is 0.750. The van der Waals surface area contributed by atoms with E-state index in [-0.39, 0.29) is 0 Å². The van der Waals surface area contributed by atoms with Crippen LogP contribution in [0.4, 0.5) is 0 Å². The number of likely N-dealkylation sites (tertiary alicyclic amines) is 1. The van der Waals surface area contributed by atoms with Gasteiger partial charge >= 0.3 is 0 Å². The van der Waals surface area contributed by atoms with Crippen molar-refractivity contribution < 1.29 is 0 Å². The minimum absolute atomic E-state index is 0.750. The van der Waals surface area contributed by atoms with E-state index in [0.29, 0.717) is 0 Å². The van der Waals surface area contributed by atoms with Gasteiger partial charge in [0, 0.05) is 12.1 Å². The van der Waals surface area contributed by atoms with E-state index in [0.717, 1.165) is 18.0 Å². The average Bonchev–Trinajstić information content (AvgIpc) is 2.47. The van der Waals surface area contributed by atoms with Crippen LogP contribution < -0.4 is 0 Å². The molecule has 13 heavy (non-hydrogen) atoms. The van der Waals surface area contributed by atoms with Gasteiger partial charge in [0.1, 0.15) is 0 Å². The van der Waals surface area contributed by atoms with E-state index in [9.17, 15) is 0 Å². The third kappa shape index (κ3) is 3.30. The van der Waals surface area contributed by atoms with Gasteiger partial charge in [-0.25, -0.2) is 0 Å². The van der Waals surface area contributed by atoms with Gasteiger partial charge in [-0.1, -0.05) is 13.8 Å². The van der Waals surface area contributed by atoms with Gasteiger partial charge in [-0.05, 0) is 52.0 Å².